The molecule has 0 aromatic heterocycles. The van der Waals surface area contributed by atoms with E-state index < -0.39 is 17.4 Å². The zero-order valence-electron chi connectivity index (χ0n) is 15.3. The third kappa shape index (κ3) is 5.18. The molecule has 0 spiro atoms. The Kier molecular flexibility index (Phi) is 8.55. The number of carbonyl (C=O) groups is 3. The second kappa shape index (κ2) is 10.4. The monoisotopic (exact) mass is 362 g/mol. The highest BCUT2D eigenvalue weighted by atomic mass is 16.6. The summed E-state index contributed by atoms with van der Waals surface area (Å²) in [6, 6.07) is 6.26. The molecular formula is C20H26O6. The number of ketones is 1. The standard InChI is InChI=1S/C20H26O6/c1-4-13-20(18(23)25-5-2,19(24)26-6-3)14-9-12-17(22)15-10-7-8-11-16(15)21/h4,7-8,10-11,21H,1,5-6,9,12-14H2,2-3H3. The number of phenols is 1. The minimum Gasteiger partial charge on any atom is -0.507 e. The molecule has 0 fully saturated rings. The highest BCUT2D eigenvalue weighted by Crippen LogP contribution is 2.34. The van der Waals surface area contributed by atoms with E-state index in [-0.39, 0.29) is 56.0 Å². The van der Waals surface area contributed by atoms with Crippen LogP contribution in [0.3, 0.4) is 0 Å². The van der Waals surface area contributed by atoms with E-state index in [1.165, 1.54) is 18.2 Å². The van der Waals surface area contributed by atoms with Crippen molar-refractivity contribution in [3.63, 3.8) is 0 Å². The van der Waals surface area contributed by atoms with Gasteiger partial charge in [-0.3, -0.25) is 14.4 Å². The highest BCUT2D eigenvalue weighted by molar-refractivity contribution is 6.01. The van der Waals surface area contributed by atoms with Crippen LogP contribution in [0.2, 0.25) is 0 Å². The van der Waals surface area contributed by atoms with Crippen LogP contribution in [-0.4, -0.2) is 36.0 Å². The van der Waals surface area contributed by atoms with Gasteiger partial charge in [0.25, 0.3) is 0 Å². The Hall–Kier alpha value is -2.63. The molecule has 0 heterocycles. The maximum Gasteiger partial charge on any atom is 0.323 e. The topological polar surface area (TPSA) is 89.9 Å². The number of hydrogen-bond donors (Lipinski definition) is 1. The van der Waals surface area contributed by atoms with Crippen LogP contribution in [-0.2, 0) is 19.1 Å². The smallest absolute Gasteiger partial charge is 0.323 e. The first kappa shape index (κ1) is 21.4. The Morgan fingerprint density at radius 2 is 1.69 bits per heavy atom. The van der Waals surface area contributed by atoms with Gasteiger partial charge in [0.2, 0.25) is 0 Å². The molecule has 0 amide bonds. The molecule has 0 aliphatic rings. The summed E-state index contributed by atoms with van der Waals surface area (Å²) in [7, 11) is 0. The van der Waals surface area contributed by atoms with Gasteiger partial charge >= 0.3 is 11.9 Å². The molecule has 0 radical (unpaired) electrons. The second-order valence-electron chi connectivity index (χ2n) is 5.81. The number of phenolic OH excluding ortho intramolecular Hbond substituents is 1. The summed E-state index contributed by atoms with van der Waals surface area (Å²) >= 11 is 0. The number of allylic oxidation sites excluding steroid dienone is 1. The van der Waals surface area contributed by atoms with Crippen molar-refractivity contribution in [3.05, 3.63) is 42.5 Å². The van der Waals surface area contributed by atoms with Crippen molar-refractivity contribution in [3.8, 4) is 5.75 Å². The van der Waals surface area contributed by atoms with Crippen LogP contribution in [0.5, 0.6) is 5.75 Å². The van der Waals surface area contributed by atoms with Crippen LogP contribution in [0.1, 0.15) is 49.9 Å². The van der Waals surface area contributed by atoms with Gasteiger partial charge in [0.05, 0.1) is 18.8 Å². The first-order valence-corrected chi connectivity index (χ1v) is 8.69. The van der Waals surface area contributed by atoms with Crippen LogP contribution >= 0.6 is 0 Å². The van der Waals surface area contributed by atoms with E-state index in [0.717, 1.165) is 0 Å². The molecule has 0 atom stereocenters. The fraction of sp³-hybridized carbons (Fsp3) is 0.450. The molecule has 1 aromatic rings. The predicted octanol–water partition coefficient (Wildman–Crippen LogP) is 3.43. The lowest BCUT2D eigenvalue weighted by atomic mass is 9.79. The number of carbonyl (C=O) groups excluding carboxylic acids is 3. The van der Waals surface area contributed by atoms with Gasteiger partial charge in [0.1, 0.15) is 5.75 Å². The molecule has 0 aliphatic carbocycles. The molecule has 1 aromatic carbocycles. The molecular weight excluding hydrogens is 336 g/mol. The summed E-state index contributed by atoms with van der Waals surface area (Å²) in [6.45, 7) is 7.20. The van der Waals surface area contributed by atoms with Crippen molar-refractivity contribution in [1.29, 1.82) is 0 Å². The lowest BCUT2D eigenvalue weighted by molar-refractivity contribution is -0.172. The fourth-order valence-corrected chi connectivity index (χ4v) is 2.74. The second-order valence-corrected chi connectivity index (χ2v) is 5.81. The largest absolute Gasteiger partial charge is 0.507 e. The van der Waals surface area contributed by atoms with Crippen LogP contribution in [0.15, 0.2) is 36.9 Å². The molecule has 1 N–H and O–H groups in total. The minimum absolute atomic E-state index is 0.0649. The van der Waals surface area contributed by atoms with E-state index in [4.69, 9.17) is 9.47 Å². The number of rotatable bonds is 11. The maximum absolute atomic E-state index is 12.5. The van der Waals surface area contributed by atoms with E-state index in [9.17, 15) is 19.5 Å². The van der Waals surface area contributed by atoms with E-state index in [0.29, 0.717) is 0 Å². The van der Waals surface area contributed by atoms with Crippen LogP contribution in [0.4, 0.5) is 0 Å². The predicted molar refractivity (Wildman–Crippen MR) is 96.8 cm³/mol. The van der Waals surface area contributed by atoms with Gasteiger partial charge in [-0.1, -0.05) is 18.2 Å². The fourth-order valence-electron chi connectivity index (χ4n) is 2.74. The van der Waals surface area contributed by atoms with E-state index in [2.05, 4.69) is 6.58 Å². The van der Waals surface area contributed by atoms with Gasteiger partial charge in [-0.15, -0.1) is 6.58 Å². The van der Waals surface area contributed by atoms with E-state index in [1.807, 2.05) is 0 Å². The summed E-state index contributed by atoms with van der Waals surface area (Å²) < 4.78 is 10.2. The van der Waals surface area contributed by atoms with Gasteiger partial charge in [-0.05, 0) is 45.2 Å². The molecule has 6 nitrogen and oxygen atoms in total. The first-order chi connectivity index (χ1) is 12.4. The van der Waals surface area contributed by atoms with Crippen LogP contribution in [0.25, 0.3) is 0 Å². The number of esters is 2. The van der Waals surface area contributed by atoms with Crippen molar-refractivity contribution in [2.75, 3.05) is 13.2 Å². The average molecular weight is 362 g/mol. The zero-order chi connectivity index (χ0) is 19.6. The number of hydrogen-bond acceptors (Lipinski definition) is 6. The van der Waals surface area contributed by atoms with Crippen LogP contribution in [0, 0.1) is 5.41 Å². The number of para-hydroxylation sites is 1. The van der Waals surface area contributed by atoms with Crippen molar-refractivity contribution < 1.29 is 29.0 Å². The lowest BCUT2D eigenvalue weighted by Gasteiger charge is -2.28. The third-order valence-electron chi connectivity index (χ3n) is 4.04. The summed E-state index contributed by atoms with van der Waals surface area (Å²) in [6.07, 6.45) is 1.97. The van der Waals surface area contributed by atoms with Gasteiger partial charge in [0, 0.05) is 6.42 Å². The molecule has 0 saturated heterocycles. The number of ether oxygens (including phenoxy) is 2. The first-order valence-electron chi connectivity index (χ1n) is 8.69. The van der Waals surface area contributed by atoms with Gasteiger partial charge in [-0.2, -0.15) is 0 Å². The molecule has 0 bridgehead atoms. The van der Waals surface area contributed by atoms with Crippen molar-refractivity contribution in [2.24, 2.45) is 5.41 Å². The number of aromatic hydroxyl groups is 1. The van der Waals surface area contributed by atoms with E-state index in [1.54, 1.807) is 26.0 Å². The quantitative estimate of drug-likeness (QED) is 0.281. The molecule has 1 rings (SSSR count). The Bertz CT molecular complexity index is 631. The van der Waals surface area contributed by atoms with Gasteiger partial charge in [0.15, 0.2) is 11.2 Å². The molecule has 6 heteroatoms. The molecule has 0 saturated carbocycles. The SMILES string of the molecule is C=CCC(CCCC(=O)c1ccccc1O)(C(=O)OCC)C(=O)OCC. The summed E-state index contributed by atoms with van der Waals surface area (Å²) in [5, 5.41) is 9.76. The average Bonchev–Trinajstić information content (AvgIpc) is 2.61. The van der Waals surface area contributed by atoms with Crippen molar-refractivity contribution in [1.82, 2.24) is 0 Å². The van der Waals surface area contributed by atoms with Gasteiger partial charge < -0.3 is 14.6 Å². The molecule has 0 aliphatic heterocycles. The molecule has 142 valence electrons. The van der Waals surface area contributed by atoms with Crippen molar-refractivity contribution >= 4 is 17.7 Å². The Labute approximate surface area is 153 Å². The Morgan fingerprint density at radius 3 is 2.19 bits per heavy atom. The summed E-state index contributed by atoms with van der Waals surface area (Å²) in [5.74, 6) is -1.70. The number of benzene rings is 1. The summed E-state index contributed by atoms with van der Waals surface area (Å²) in [5.41, 5.74) is -1.29. The molecule has 0 unspecified atom stereocenters. The Balaban J connectivity index is 2.92. The van der Waals surface area contributed by atoms with Gasteiger partial charge in [-0.25, -0.2) is 0 Å². The lowest BCUT2D eigenvalue weighted by Crippen LogP contribution is -2.42. The molecule has 26 heavy (non-hydrogen) atoms. The maximum atomic E-state index is 12.5. The minimum atomic E-state index is -1.51. The third-order valence-corrected chi connectivity index (χ3v) is 4.04. The highest BCUT2D eigenvalue weighted by Gasteiger charge is 2.47. The normalized spacial score (nSPS) is 10.8. The number of Topliss-reactive ketones (excluding diaryl/α,β-unsaturated/α-hetero) is 1. The van der Waals surface area contributed by atoms with E-state index >= 15 is 0 Å². The zero-order valence-corrected chi connectivity index (χ0v) is 15.3. The van der Waals surface area contributed by atoms with Crippen LogP contribution < -0.4 is 0 Å². The van der Waals surface area contributed by atoms with Crippen molar-refractivity contribution in [2.45, 2.75) is 39.5 Å². The summed E-state index contributed by atoms with van der Waals surface area (Å²) in [4.78, 5) is 37.2. The Morgan fingerprint density at radius 1 is 1.12 bits per heavy atom.